The molecule has 3 aromatic rings. The predicted octanol–water partition coefficient (Wildman–Crippen LogP) is 2.59. The van der Waals surface area contributed by atoms with Crippen LogP contribution in [0.4, 0.5) is 26.2 Å². The van der Waals surface area contributed by atoms with Crippen molar-refractivity contribution in [1.29, 1.82) is 0 Å². The normalized spacial score (nSPS) is 19.2. The van der Waals surface area contributed by atoms with Gasteiger partial charge in [-0.2, -0.15) is 4.31 Å². The van der Waals surface area contributed by atoms with Crippen LogP contribution in [0.3, 0.4) is 0 Å². The van der Waals surface area contributed by atoms with Crippen LogP contribution in [0.2, 0.25) is 5.15 Å². The molecule has 5 heterocycles. The average molecular weight is 731 g/mol. The minimum absolute atomic E-state index is 0.0201. The summed E-state index contributed by atoms with van der Waals surface area (Å²) in [6.45, 7) is 3.41. The molecule has 50 heavy (non-hydrogen) atoms. The number of pyridine rings is 1. The number of alkyl halides is 2. The Kier molecular flexibility index (Phi) is 9.58. The number of halogens is 3. The van der Waals surface area contributed by atoms with Crippen molar-refractivity contribution in [2.75, 3.05) is 62.2 Å². The Morgan fingerprint density at radius 1 is 1.02 bits per heavy atom. The number of amides is 1. The number of carbonyl (C=O) groups is 2. The Morgan fingerprint density at radius 3 is 2.48 bits per heavy atom. The maximum Gasteiger partial charge on any atom is 0.272 e. The Labute approximate surface area is 292 Å². The monoisotopic (exact) mass is 730 g/mol. The van der Waals surface area contributed by atoms with Crippen molar-refractivity contribution in [3.63, 3.8) is 0 Å². The van der Waals surface area contributed by atoms with Crippen molar-refractivity contribution in [2.45, 2.75) is 42.5 Å². The standard InChI is InChI=1S/C32H37ClF2N10O4S/c1-31(34,35)21-6-7-25(38-18-21)43-10-3-11-45(15-14-43)50(48,49)22-5-2-4-20(16-22)30(47)44-12-8-32(9-13-44)19-39-24(42-32)17-23(46)26-28(36)41-29(37)27(33)40-26/h2,4-7,16-18,39,42H,3,8-15,19H2,1H3,(H4,36,37,41)/b24-17+. The number of aromatic nitrogens is 3. The average Bonchev–Trinajstić information content (AvgIpc) is 3.29. The van der Waals surface area contributed by atoms with E-state index in [1.54, 1.807) is 17.0 Å². The lowest BCUT2D eigenvalue weighted by molar-refractivity contribution is 0.0171. The van der Waals surface area contributed by atoms with Gasteiger partial charge in [-0.3, -0.25) is 9.59 Å². The summed E-state index contributed by atoms with van der Waals surface area (Å²) in [6.07, 6.45) is 4.14. The van der Waals surface area contributed by atoms with E-state index in [-0.39, 0.29) is 57.5 Å². The van der Waals surface area contributed by atoms with E-state index in [4.69, 9.17) is 23.1 Å². The Hall–Kier alpha value is -4.61. The zero-order chi connectivity index (χ0) is 35.8. The summed E-state index contributed by atoms with van der Waals surface area (Å²) in [4.78, 5) is 42.0. The molecule has 1 spiro atoms. The van der Waals surface area contributed by atoms with Crippen molar-refractivity contribution in [2.24, 2.45) is 0 Å². The zero-order valence-corrected chi connectivity index (χ0v) is 28.8. The minimum atomic E-state index is -3.93. The van der Waals surface area contributed by atoms with Crippen molar-refractivity contribution in [1.82, 2.24) is 34.8 Å². The first-order valence-electron chi connectivity index (χ1n) is 16.0. The first-order chi connectivity index (χ1) is 23.6. The van der Waals surface area contributed by atoms with Crippen LogP contribution in [0.5, 0.6) is 0 Å². The number of rotatable bonds is 7. The number of hydrogen-bond donors (Lipinski definition) is 4. The van der Waals surface area contributed by atoms with Gasteiger partial charge in [-0.05, 0) is 49.6 Å². The molecule has 0 saturated carbocycles. The van der Waals surface area contributed by atoms with Gasteiger partial charge in [0.1, 0.15) is 11.6 Å². The number of sulfonamides is 1. The lowest BCUT2D eigenvalue weighted by Gasteiger charge is -2.39. The Morgan fingerprint density at radius 2 is 1.78 bits per heavy atom. The largest absolute Gasteiger partial charge is 0.382 e. The molecular formula is C32H37ClF2N10O4S. The third-order valence-electron chi connectivity index (χ3n) is 9.19. The first kappa shape index (κ1) is 35.2. The molecule has 266 valence electrons. The lowest BCUT2D eigenvalue weighted by Crippen LogP contribution is -2.53. The van der Waals surface area contributed by atoms with E-state index in [1.165, 1.54) is 34.6 Å². The zero-order valence-electron chi connectivity index (χ0n) is 27.2. The van der Waals surface area contributed by atoms with E-state index < -0.39 is 27.3 Å². The molecule has 3 aliphatic rings. The summed E-state index contributed by atoms with van der Waals surface area (Å²) >= 11 is 5.91. The summed E-state index contributed by atoms with van der Waals surface area (Å²) in [5.74, 6) is -3.01. The van der Waals surface area contributed by atoms with Gasteiger partial charge in [0, 0.05) is 76.1 Å². The van der Waals surface area contributed by atoms with E-state index in [0.717, 1.165) is 13.1 Å². The fraction of sp³-hybridized carbons (Fsp3) is 0.406. The summed E-state index contributed by atoms with van der Waals surface area (Å²) in [7, 11) is -3.93. The number of allylic oxidation sites excluding steroid dienone is 1. The van der Waals surface area contributed by atoms with E-state index in [9.17, 15) is 26.8 Å². The highest BCUT2D eigenvalue weighted by molar-refractivity contribution is 7.89. The summed E-state index contributed by atoms with van der Waals surface area (Å²) in [5.41, 5.74) is 11.0. The van der Waals surface area contributed by atoms with E-state index in [2.05, 4.69) is 25.6 Å². The summed E-state index contributed by atoms with van der Waals surface area (Å²) in [6, 6.07) is 8.91. The second-order valence-electron chi connectivity index (χ2n) is 12.7. The molecule has 0 bridgehead atoms. The molecule has 3 aliphatic heterocycles. The predicted molar refractivity (Wildman–Crippen MR) is 183 cm³/mol. The fourth-order valence-corrected chi connectivity index (χ4v) is 7.95. The summed E-state index contributed by atoms with van der Waals surface area (Å²) in [5, 5.41) is 6.44. The number of likely N-dealkylation sites (tertiary alicyclic amines) is 1. The number of nitrogens with one attached hydrogen (secondary N) is 2. The van der Waals surface area contributed by atoms with Crippen molar-refractivity contribution < 1.29 is 26.8 Å². The second kappa shape index (κ2) is 13.6. The van der Waals surface area contributed by atoms with Gasteiger partial charge >= 0.3 is 0 Å². The Bertz CT molecular complexity index is 1930. The molecule has 6 N–H and O–H groups in total. The smallest absolute Gasteiger partial charge is 0.272 e. The Balaban J connectivity index is 1.06. The first-order valence-corrected chi connectivity index (χ1v) is 17.8. The van der Waals surface area contributed by atoms with Gasteiger partial charge in [-0.25, -0.2) is 32.2 Å². The maximum absolute atomic E-state index is 13.7. The molecule has 0 unspecified atom stereocenters. The van der Waals surface area contributed by atoms with Crippen molar-refractivity contribution in [3.05, 3.63) is 76.5 Å². The molecule has 3 fully saturated rings. The number of hydrogen-bond acceptors (Lipinski definition) is 12. The van der Waals surface area contributed by atoms with Crippen LogP contribution in [-0.4, -0.2) is 95.6 Å². The quantitative estimate of drug-likeness (QED) is 0.206. The van der Waals surface area contributed by atoms with E-state index in [0.29, 0.717) is 63.6 Å². The summed E-state index contributed by atoms with van der Waals surface area (Å²) < 4.78 is 56.1. The molecule has 2 aromatic heterocycles. The molecule has 3 saturated heterocycles. The molecule has 6 rings (SSSR count). The molecular weight excluding hydrogens is 694 g/mol. The van der Waals surface area contributed by atoms with Gasteiger partial charge in [0.25, 0.3) is 11.8 Å². The number of anilines is 3. The van der Waals surface area contributed by atoms with Crippen LogP contribution < -0.4 is 27.0 Å². The fourth-order valence-electron chi connectivity index (χ4n) is 6.30. The number of benzene rings is 1. The van der Waals surface area contributed by atoms with Gasteiger partial charge < -0.3 is 31.9 Å². The SMILES string of the molecule is CC(F)(F)c1ccc(N2CCCN(S(=O)(=O)c3cccc(C(=O)N4CCC5(CC4)CN/C(=C\C(=O)c4nc(Cl)c(N)nc4N)N5)c3)CC2)nc1. The van der Waals surface area contributed by atoms with Crippen LogP contribution in [0.1, 0.15) is 52.6 Å². The molecule has 1 amide bonds. The van der Waals surface area contributed by atoms with Gasteiger partial charge in [0.05, 0.1) is 10.4 Å². The topological polar surface area (TPSA) is 193 Å². The third-order valence-corrected chi connectivity index (χ3v) is 11.4. The van der Waals surface area contributed by atoms with E-state index in [1.807, 2.05) is 4.90 Å². The number of carbonyl (C=O) groups excluding carboxylic acids is 2. The molecule has 1 aromatic carbocycles. The van der Waals surface area contributed by atoms with Crippen LogP contribution >= 0.6 is 11.6 Å². The van der Waals surface area contributed by atoms with Crippen LogP contribution in [-0.2, 0) is 15.9 Å². The molecule has 14 nitrogen and oxygen atoms in total. The number of ketones is 1. The lowest BCUT2D eigenvalue weighted by atomic mass is 9.88. The maximum atomic E-state index is 13.7. The highest BCUT2D eigenvalue weighted by atomic mass is 35.5. The number of nitrogen functional groups attached to an aromatic ring is 2. The van der Waals surface area contributed by atoms with Gasteiger partial charge in [-0.1, -0.05) is 17.7 Å². The van der Waals surface area contributed by atoms with Gasteiger partial charge in [0.2, 0.25) is 15.8 Å². The number of piperidine rings is 1. The molecule has 18 heteroatoms. The van der Waals surface area contributed by atoms with Crippen molar-refractivity contribution >= 4 is 50.8 Å². The third kappa shape index (κ3) is 7.29. The van der Waals surface area contributed by atoms with E-state index >= 15 is 0 Å². The molecule has 0 aliphatic carbocycles. The van der Waals surface area contributed by atoms with Crippen molar-refractivity contribution in [3.8, 4) is 0 Å². The minimum Gasteiger partial charge on any atom is -0.382 e. The van der Waals surface area contributed by atoms with Crippen LogP contribution in [0.25, 0.3) is 0 Å². The van der Waals surface area contributed by atoms with Crippen LogP contribution in [0.15, 0.2) is 59.4 Å². The van der Waals surface area contributed by atoms with Gasteiger partial charge in [0.15, 0.2) is 22.5 Å². The highest BCUT2D eigenvalue weighted by Crippen LogP contribution is 2.30. The van der Waals surface area contributed by atoms with Crippen LogP contribution in [0, 0.1) is 0 Å². The molecule has 0 radical (unpaired) electrons. The second-order valence-corrected chi connectivity index (χ2v) is 15.0. The highest BCUT2D eigenvalue weighted by Gasteiger charge is 2.40. The van der Waals surface area contributed by atoms with Gasteiger partial charge in [-0.15, -0.1) is 0 Å². The number of nitrogens with zero attached hydrogens (tertiary/aromatic N) is 6. The molecule has 0 atom stereocenters. The number of nitrogens with two attached hydrogens (primary N) is 2.